The van der Waals surface area contributed by atoms with Crippen molar-refractivity contribution in [1.29, 1.82) is 0 Å². The van der Waals surface area contributed by atoms with E-state index < -0.39 is 0 Å². The maximum Gasteiger partial charge on any atom is 0.225 e. The first-order valence-corrected chi connectivity index (χ1v) is 6.55. The molecule has 2 N–H and O–H groups in total. The van der Waals surface area contributed by atoms with Crippen LogP contribution in [0.25, 0.3) is 0 Å². The number of unbranched alkanes of at least 4 members (excludes halogenated alkanes) is 1. The SMILES string of the molecule is CCCCC(CC)C(=O)N(C)C(C)CCN. The van der Waals surface area contributed by atoms with Gasteiger partial charge < -0.3 is 10.6 Å². The molecule has 16 heavy (non-hydrogen) atoms. The van der Waals surface area contributed by atoms with E-state index in [1.807, 2.05) is 11.9 Å². The number of hydrogen-bond donors (Lipinski definition) is 1. The van der Waals surface area contributed by atoms with Crippen LogP contribution in [-0.4, -0.2) is 30.4 Å². The summed E-state index contributed by atoms with van der Waals surface area (Å²) in [4.78, 5) is 14.1. The van der Waals surface area contributed by atoms with Crippen LogP contribution in [0.3, 0.4) is 0 Å². The lowest BCUT2D eigenvalue weighted by Crippen LogP contribution is -2.40. The van der Waals surface area contributed by atoms with Crippen molar-refractivity contribution < 1.29 is 4.79 Å². The summed E-state index contributed by atoms with van der Waals surface area (Å²) in [6, 6.07) is 0.258. The van der Waals surface area contributed by atoms with E-state index in [1.165, 1.54) is 0 Å². The molecule has 0 aliphatic heterocycles. The van der Waals surface area contributed by atoms with Crippen molar-refractivity contribution in [2.75, 3.05) is 13.6 Å². The van der Waals surface area contributed by atoms with Crippen LogP contribution in [-0.2, 0) is 4.79 Å². The summed E-state index contributed by atoms with van der Waals surface area (Å²) in [6.07, 6.45) is 5.14. The summed E-state index contributed by atoms with van der Waals surface area (Å²) >= 11 is 0. The van der Waals surface area contributed by atoms with Crippen LogP contribution in [0, 0.1) is 5.92 Å². The van der Waals surface area contributed by atoms with Crippen molar-refractivity contribution in [3.63, 3.8) is 0 Å². The Morgan fingerprint density at radius 2 is 1.94 bits per heavy atom. The molecule has 0 aromatic rings. The maximum atomic E-state index is 12.2. The van der Waals surface area contributed by atoms with E-state index in [0.717, 1.165) is 32.1 Å². The molecule has 0 rings (SSSR count). The predicted molar refractivity (Wildman–Crippen MR) is 69.2 cm³/mol. The molecule has 0 spiro atoms. The number of hydrogen-bond acceptors (Lipinski definition) is 2. The van der Waals surface area contributed by atoms with Gasteiger partial charge in [0, 0.05) is 19.0 Å². The highest BCUT2D eigenvalue weighted by Crippen LogP contribution is 2.17. The van der Waals surface area contributed by atoms with Gasteiger partial charge in [0.15, 0.2) is 0 Å². The lowest BCUT2D eigenvalue weighted by atomic mass is 9.97. The average Bonchev–Trinajstić information content (AvgIpc) is 2.29. The summed E-state index contributed by atoms with van der Waals surface area (Å²) in [5, 5.41) is 0. The summed E-state index contributed by atoms with van der Waals surface area (Å²) in [5.74, 6) is 0.488. The molecule has 0 aromatic heterocycles. The molecule has 3 heteroatoms. The number of carbonyl (C=O) groups is 1. The minimum Gasteiger partial charge on any atom is -0.343 e. The van der Waals surface area contributed by atoms with Gasteiger partial charge in [0.05, 0.1) is 0 Å². The Balaban J connectivity index is 4.25. The molecule has 3 nitrogen and oxygen atoms in total. The molecule has 0 aliphatic rings. The Labute approximate surface area is 100 Å². The van der Waals surface area contributed by atoms with E-state index in [9.17, 15) is 4.79 Å². The second-order valence-corrected chi connectivity index (χ2v) is 4.62. The molecule has 0 heterocycles. The topological polar surface area (TPSA) is 46.3 Å². The number of nitrogens with zero attached hydrogens (tertiary/aromatic N) is 1. The zero-order valence-corrected chi connectivity index (χ0v) is 11.3. The highest BCUT2D eigenvalue weighted by molar-refractivity contribution is 5.78. The van der Waals surface area contributed by atoms with Gasteiger partial charge >= 0.3 is 0 Å². The van der Waals surface area contributed by atoms with Crippen LogP contribution in [0.15, 0.2) is 0 Å². The average molecular weight is 228 g/mol. The van der Waals surface area contributed by atoms with Gasteiger partial charge in [-0.2, -0.15) is 0 Å². The van der Waals surface area contributed by atoms with Crippen LogP contribution < -0.4 is 5.73 Å². The fraction of sp³-hybridized carbons (Fsp3) is 0.923. The second kappa shape index (κ2) is 8.57. The van der Waals surface area contributed by atoms with E-state index >= 15 is 0 Å². The Hall–Kier alpha value is -0.570. The Bertz CT molecular complexity index is 190. The molecule has 2 atom stereocenters. The molecule has 0 bridgehead atoms. The van der Waals surface area contributed by atoms with Crippen molar-refractivity contribution in [2.24, 2.45) is 11.7 Å². The monoisotopic (exact) mass is 228 g/mol. The van der Waals surface area contributed by atoms with Crippen molar-refractivity contribution in [2.45, 2.75) is 58.9 Å². The predicted octanol–water partition coefficient (Wildman–Crippen LogP) is 2.40. The van der Waals surface area contributed by atoms with Crippen molar-refractivity contribution in [3.05, 3.63) is 0 Å². The number of rotatable bonds is 8. The quantitative estimate of drug-likeness (QED) is 0.693. The van der Waals surface area contributed by atoms with Gasteiger partial charge in [-0.3, -0.25) is 4.79 Å². The molecule has 1 amide bonds. The Morgan fingerprint density at radius 3 is 2.38 bits per heavy atom. The fourth-order valence-electron chi connectivity index (χ4n) is 1.89. The smallest absolute Gasteiger partial charge is 0.225 e. The summed E-state index contributed by atoms with van der Waals surface area (Å²) in [6.45, 7) is 6.97. The van der Waals surface area contributed by atoms with Gasteiger partial charge in [0.1, 0.15) is 0 Å². The van der Waals surface area contributed by atoms with Crippen LogP contribution in [0.5, 0.6) is 0 Å². The third-order valence-corrected chi connectivity index (χ3v) is 3.34. The zero-order chi connectivity index (χ0) is 12.6. The van der Waals surface area contributed by atoms with E-state index in [1.54, 1.807) is 0 Å². The van der Waals surface area contributed by atoms with Crippen LogP contribution >= 0.6 is 0 Å². The van der Waals surface area contributed by atoms with E-state index in [4.69, 9.17) is 5.73 Å². The van der Waals surface area contributed by atoms with Gasteiger partial charge in [-0.05, 0) is 32.7 Å². The highest BCUT2D eigenvalue weighted by atomic mass is 16.2. The normalized spacial score (nSPS) is 14.6. The summed E-state index contributed by atoms with van der Waals surface area (Å²) in [5.41, 5.74) is 5.52. The van der Waals surface area contributed by atoms with Gasteiger partial charge in [-0.25, -0.2) is 0 Å². The van der Waals surface area contributed by atoms with E-state index in [2.05, 4.69) is 20.8 Å². The number of nitrogens with two attached hydrogens (primary N) is 1. The van der Waals surface area contributed by atoms with Crippen molar-refractivity contribution in [3.8, 4) is 0 Å². The lowest BCUT2D eigenvalue weighted by Gasteiger charge is -2.28. The third-order valence-electron chi connectivity index (χ3n) is 3.34. The summed E-state index contributed by atoms with van der Waals surface area (Å²) in [7, 11) is 1.90. The minimum absolute atomic E-state index is 0.199. The van der Waals surface area contributed by atoms with Gasteiger partial charge in [-0.1, -0.05) is 26.7 Å². The largest absolute Gasteiger partial charge is 0.343 e. The van der Waals surface area contributed by atoms with E-state index in [-0.39, 0.29) is 17.9 Å². The molecular weight excluding hydrogens is 200 g/mol. The van der Waals surface area contributed by atoms with Gasteiger partial charge in [-0.15, -0.1) is 0 Å². The summed E-state index contributed by atoms with van der Waals surface area (Å²) < 4.78 is 0. The van der Waals surface area contributed by atoms with E-state index in [0.29, 0.717) is 6.54 Å². The molecule has 0 aliphatic carbocycles. The van der Waals surface area contributed by atoms with Crippen LogP contribution in [0.1, 0.15) is 52.9 Å². The van der Waals surface area contributed by atoms with Crippen LogP contribution in [0.4, 0.5) is 0 Å². The zero-order valence-electron chi connectivity index (χ0n) is 11.3. The first-order chi connectivity index (χ1) is 7.58. The molecule has 0 saturated heterocycles. The highest BCUT2D eigenvalue weighted by Gasteiger charge is 2.22. The first kappa shape index (κ1) is 15.4. The standard InChI is InChI=1S/C13H28N2O/c1-5-7-8-12(6-2)13(16)15(4)11(3)9-10-14/h11-12H,5-10,14H2,1-4H3. The fourth-order valence-corrected chi connectivity index (χ4v) is 1.89. The number of carbonyl (C=O) groups excluding carboxylic acids is 1. The van der Waals surface area contributed by atoms with Crippen molar-refractivity contribution in [1.82, 2.24) is 4.90 Å². The second-order valence-electron chi connectivity index (χ2n) is 4.62. The lowest BCUT2D eigenvalue weighted by molar-refractivity contribution is -0.136. The Kier molecular flexibility index (Phi) is 8.26. The van der Waals surface area contributed by atoms with Crippen molar-refractivity contribution >= 4 is 5.91 Å². The third kappa shape index (κ3) is 4.97. The maximum absolute atomic E-state index is 12.2. The molecule has 0 fully saturated rings. The van der Waals surface area contributed by atoms with Crippen LogP contribution in [0.2, 0.25) is 0 Å². The molecular formula is C13H28N2O. The van der Waals surface area contributed by atoms with Gasteiger partial charge in [0.2, 0.25) is 5.91 Å². The number of amides is 1. The molecule has 0 radical (unpaired) electrons. The molecule has 96 valence electrons. The first-order valence-electron chi connectivity index (χ1n) is 6.55. The molecule has 2 unspecified atom stereocenters. The Morgan fingerprint density at radius 1 is 1.31 bits per heavy atom. The van der Waals surface area contributed by atoms with Gasteiger partial charge in [0.25, 0.3) is 0 Å². The molecule has 0 saturated carbocycles. The molecule has 0 aromatic carbocycles. The minimum atomic E-state index is 0.199.